The van der Waals surface area contributed by atoms with E-state index >= 15 is 0 Å². The first-order valence-corrected chi connectivity index (χ1v) is 7.51. The van der Waals surface area contributed by atoms with Gasteiger partial charge in [0.15, 0.2) is 5.69 Å². The average Bonchev–Trinajstić information content (AvgIpc) is 2.77. The van der Waals surface area contributed by atoms with Crippen LogP contribution in [0.15, 0.2) is 0 Å². The Morgan fingerprint density at radius 2 is 2.15 bits per heavy atom. The van der Waals surface area contributed by atoms with Crippen LogP contribution in [0.4, 0.5) is 5.82 Å². The molecule has 1 saturated carbocycles. The van der Waals surface area contributed by atoms with Crippen LogP contribution in [0, 0.1) is 11.8 Å². The Kier molecular flexibility index (Phi) is 4.68. The first-order chi connectivity index (χ1) is 9.58. The maximum atomic E-state index is 11.7. The van der Waals surface area contributed by atoms with Crippen molar-refractivity contribution < 1.29 is 9.53 Å². The lowest BCUT2D eigenvalue weighted by atomic mass is 9.80. The summed E-state index contributed by atoms with van der Waals surface area (Å²) in [4.78, 5) is 16.0. The maximum absolute atomic E-state index is 11.7. The highest BCUT2D eigenvalue weighted by atomic mass is 16.5. The number of imidazole rings is 1. The molecule has 2 rings (SSSR count). The van der Waals surface area contributed by atoms with Crippen molar-refractivity contribution in [1.82, 2.24) is 9.55 Å². The number of nitrogens with two attached hydrogens (primary N) is 1. The SMILES string of the molecule is CCc1nc(C(=O)OC)c(N)n1CC1CCCCC1C. The minimum absolute atomic E-state index is 0.257. The van der Waals surface area contributed by atoms with Crippen molar-refractivity contribution >= 4 is 11.8 Å². The third kappa shape index (κ3) is 2.81. The van der Waals surface area contributed by atoms with Gasteiger partial charge in [-0.3, -0.25) is 0 Å². The lowest BCUT2D eigenvalue weighted by Gasteiger charge is -2.29. The number of nitrogens with zero attached hydrogens (tertiary/aromatic N) is 2. The molecule has 1 heterocycles. The van der Waals surface area contributed by atoms with E-state index in [1.54, 1.807) is 0 Å². The van der Waals surface area contributed by atoms with Gasteiger partial charge in [-0.2, -0.15) is 0 Å². The van der Waals surface area contributed by atoms with Crippen LogP contribution in [0.25, 0.3) is 0 Å². The maximum Gasteiger partial charge on any atom is 0.360 e. The topological polar surface area (TPSA) is 70.1 Å². The molecule has 5 nitrogen and oxygen atoms in total. The smallest absolute Gasteiger partial charge is 0.360 e. The first-order valence-electron chi connectivity index (χ1n) is 7.51. The van der Waals surface area contributed by atoms with Gasteiger partial charge in [0.2, 0.25) is 0 Å². The summed E-state index contributed by atoms with van der Waals surface area (Å²) in [5.41, 5.74) is 6.38. The number of carbonyl (C=O) groups excluding carboxylic acids is 1. The monoisotopic (exact) mass is 279 g/mol. The van der Waals surface area contributed by atoms with Gasteiger partial charge >= 0.3 is 5.97 Å². The first kappa shape index (κ1) is 14.9. The van der Waals surface area contributed by atoms with Crippen molar-refractivity contribution in [3.05, 3.63) is 11.5 Å². The van der Waals surface area contributed by atoms with E-state index in [9.17, 15) is 4.79 Å². The predicted octanol–water partition coefficient (Wildman–Crippen LogP) is 2.64. The highest BCUT2D eigenvalue weighted by molar-refractivity contribution is 5.92. The number of aryl methyl sites for hydroxylation is 1. The van der Waals surface area contributed by atoms with Crippen LogP contribution < -0.4 is 5.73 Å². The van der Waals surface area contributed by atoms with Gasteiger partial charge in [-0.05, 0) is 18.3 Å². The number of nitrogen functional groups attached to an aromatic ring is 1. The van der Waals surface area contributed by atoms with Crippen LogP contribution in [0.3, 0.4) is 0 Å². The van der Waals surface area contributed by atoms with E-state index in [2.05, 4.69) is 11.9 Å². The van der Waals surface area contributed by atoms with Crippen LogP contribution >= 0.6 is 0 Å². The molecule has 0 saturated heterocycles. The van der Waals surface area contributed by atoms with Crippen LogP contribution in [-0.4, -0.2) is 22.6 Å². The van der Waals surface area contributed by atoms with E-state index in [0.29, 0.717) is 17.7 Å². The standard InChI is InChI=1S/C15H25N3O2/c1-4-12-17-13(15(19)20-3)14(16)18(12)9-11-8-6-5-7-10(11)2/h10-11H,4-9,16H2,1-3H3. The summed E-state index contributed by atoms with van der Waals surface area (Å²) >= 11 is 0. The number of methoxy groups -OCH3 is 1. The Labute approximate surface area is 120 Å². The van der Waals surface area contributed by atoms with Crippen molar-refractivity contribution in [2.45, 2.75) is 52.5 Å². The summed E-state index contributed by atoms with van der Waals surface area (Å²) in [6.07, 6.45) is 5.89. The fraction of sp³-hybridized carbons (Fsp3) is 0.733. The second kappa shape index (κ2) is 6.29. The third-order valence-corrected chi connectivity index (χ3v) is 4.49. The largest absolute Gasteiger partial charge is 0.464 e. The highest BCUT2D eigenvalue weighted by Gasteiger charge is 2.26. The van der Waals surface area contributed by atoms with Crippen molar-refractivity contribution in [2.75, 3.05) is 12.8 Å². The minimum Gasteiger partial charge on any atom is -0.464 e. The molecule has 2 unspecified atom stereocenters. The zero-order chi connectivity index (χ0) is 14.7. The van der Waals surface area contributed by atoms with E-state index < -0.39 is 5.97 Å². The predicted molar refractivity (Wildman–Crippen MR) is 78.5 cm³/mol. The molecule has 0 radical (unpaired) electrons. The lowest BCUT2D eigenvalue weighted by molar-refractivity contribution is 0.0595. The van der Waals surface area contributed by atoms with E-state index in [1.165, 1.54) is 32.8 Å². The summed E-state index contributed by atoms with van der Waals surface area (Å²) < 4.78 is 6.76. The van der Waals surface area contributed by atoms with Crippen molar-refractivity contribution in [1.29, 1.82) is 0 Å². The number of hydrogen-bond acceptors (Lipinski definition) is 4. The fourth-order valence-corrected chi connectivity index (χ4v) is 3.13. The average molecular weight is 279 g/mol. The van der Waals surface area contributed by atoms with Gasteiger partial charge < -0.3 is 15.0 Å². The van der Waals surface area contributed by atoms with Gasteiger partial charge in [0.1, 0.15) is 11.6 Å². The molecule has 1 aliphatic rings. The van der Waals surface area contributed by atoms with Gasteiger partial charge in [0, 0.05) is 13.0 Å². The van der Waals surface area contributed by atoms with Crippen molar-refractivity contribution in [3.63, 3.8) is 0 Å². The Morgan fingerprint density at radius 3 is 2.75 bits per heavy atom. The summed E-state index contributed by atoms with van der Waals surface area (Å²) in [7, 11) is 1.36. The van der Waals surface area contributed by atoms with Crippen LogP contribution in [0.1, 0.15) is 55.8 Å². The Hall–Kier alpha value is -1.52. The zero-order valence-electron chi connectivity index (χ0n) is 12.7. The molecule has 0 bridgehead atoms. The van der Waals surface area contributed by atoms with Crippen LogP contribution in [0.2, 0.25) is 0 Å². The molecule has 2 N–H and O–H groups in total. The Bertz CT molecular complexity index is 482. The summed E-state index contributed by atoms with van der Waals surface area (Å²) in [6.45, 7) is 5.20. The van der Waals surface area contributed by atoms with Crippen molar-refractivity contribution in [2.24, 2.45) is 11.8 Å². The lowest BCUT2D eigenvalue weighted by Crippen LogP contribution is -2.23. The van der Waals surface area contributed by atoms with E-state index in [0.717, 1.165) is 18.8 Å². The number of rotatable bonds is 4. The molecule has 0 amide bonds. The van der Waals surface area contributed by atoms with Crippen molar-refractivity contribution in [3.8, 4) is 0 Å². The van der Waals surface area contributed by atoms with Gasteiger partial charge in [-0.1, -0.05) is 33.1 Å². The summed E-state index contributed by atoms with van der Waals surface area (Å²) in [5, 5.41) is 0. The molecule has 1 aliphatic carbocycles. The highest BCUT2D eigenvalue weighted by Crippen LogP contribution is 2.32. The van der Waals surface area contributed by atoms with Gasteiger partial charge in [0.05, 0.1) is 7.11 Å². The minimum atomic E-state index is -0.451. The molecule has 0 aromatic carbocycles. The number of anilines is 1. The van der Waals surface area contributed by atoms with E-state index in [-0.39, 0.29) is 5.69 Å². The Morgan fingerprint density at radius 1 is 1.45 bits per heavy atom. The number of ether oxygens (including phenoxy) is 1. The van der Waals surface area contributed by atoms with Crippen LogP contribution in [-0.2, 0) is 17.7 Å². The molecule has 2 atom stereocenters. The van der Waals surface area contributed by atoms with Crippen LogP contribution in [0.5, 0.6) is 0 Å². The Balaban J connectivity index is 2.25. The molecular formula is C15H25N3O2. The summed E-state index contributed by atoms with van der Waals surface area (Å²) in [6, 6.07) is 0. The van der Waals surface area contributed by atoms with Gasteiger partial charge in [-0.15, -0.1) is 0 Å². The van der Waals surface area contributed by atoms with E-state index in [1.807, 2.05) is 11.5 Å². The second-order valence-corrected chi connectivity index (χ2v) is 5.74. The molecular weight excluding hydrogens is 254 g/mol. The molecule has 1 aromatic rings. The fourth-order valence-electron chi connectivity index (χ4n) is 3.13. The molecule has 0 aliphatic heterocycles. The molecule has 112 valence electrons. The van der Waals surface area contributed by atoms with E-state index in [4.69, 9.17) is 10.5 Å². The number of carbonyl (C=O) groups is 1. The normalized spacial score (nSPS) is 22.8. The number of esters is 1. The van der Waals surface area contributed by atoms with Gasteiger partial charge in [-0.25, -0.2) is 9.78 Å². The summed E-state index contributed by atoms with van der Waals surface area (Å²) in [5.74, 6) is 2.20. The molecule has 1 fully saturated rings. The zero-order valence-corrected chi connectivity index (χ0v) is 12.7. The number of hydrogen-bond donors (Lipinski definition) is 1. The molecule has 0 spiro atoms. The number of aromatic nitrogens is 2. The quantitative estimate of drug-likeness (QED) is 0.860. The van der Waals surface area contributed by atoms with Gasteiger partial charge in [0.25, 0.3) is 0 Å². The molecule has 5 heteroatoms. The second-order valence-electron chi connectivity index (χ2n) is 5.74. The molecule has 20 heavy (non-hydrogen) atoms. The molecule has 1 aromatic heterocycles. The third-order valence-electron chi connectivity index (χ3n) is 4.49.